The van der Waals surface area contributed by atoms with Gasteiger partial charge < -0.3 is 4.74 Å². The summed E-state index contributed by atoms with van der Waals surface area (Å²) in [6.07, 6.45) is 0. The normalized spacial score (nSPS) is 10.7. The summed E-state index contributed by atoms with van der Waals surface area (Å²) in [5.74, 6) is -0.767. The Bertz CT molecular complexity index is 550. The van der Waals surface area contributed by atoms with Crippen LogP contribution in [0.5, 0.6) is 0 Å². The number of nitrogens with zero attached hydrogens (tertiary/aromatic N) is 1. The van der Waals surface area contributed by atoms with Gasteiger partial charge in [-0.15, -0.1) is 0 Å². The highest BCUT2D eigenvalue weighted by atomic mass is 79.9. The summed E-state index contributed by atoms with van der Waals surface area (Å²) in [5.41, 5.74) is 1.08. The smallest absolute Gasteiger partial charge is 0.355 e. The van der Waals surface area contributed by atoms with E-state index in [1.54, 1.807) is 19.1 Å². The summed E-state index contributed by atoms with van der Waals surface area (Å²) >= 11 is 3.24. The predicted octanol–water partition coefficient (Wildman–Crippen LogP) is 3.12. The minimum atomic E-state index is -0.434. The maximum Gasteiger partial charge on any atom is 0.355 e. The summed E-state index contributed by atoms with van der Waals surface area (Å²) in [6, 6.07) is 5.90. The van der Waals surface area contributed by atoms with Crippen LogP contribution >= 0.6 is 16.1 Å². The fourth-order valence-electron chi connectivity index (χ4n) is 1.50. The second-order valence-corrected chi connectivity index (χ2v) is 3.94. The SMILES string of the molecule is CCOC(=O)c1cc2cc(F)ccc2n1Br. The van der Waals surface area contributed by atoms with Crippen molar-refractivity contribution in [1.82, 2.24) is 3.59 Å². The molecular formula is C11H9BrFNO2. The number of carbonyl (C=O) groups is 1. The first-order valence-electron chi connectivity index (χ1n) is 4.77. The van der Waals surface area contributed by atoms with Gasteiger partial charge in [0.1, 0.15) is 11.5 Å². The second-order valence-electron chi connectivity index (χ2n) is 3.23. The van der Waals surface area contributed by atoms with Gasteiger partial charge >= 0.3 is 5.97 Å². The van der Waals surface area contributed by atoms with Gasteiger partial charge in [-0.2, -0.15) is 0 Å². The molecule has 1 heterocycles. The van der Waals surface area contributed by atoms with Crippen molar-refractivity contribution in [3.8, 4) is 0 Å². The summed E-state index contributed by atoms with van der Waals surface area (Å²) in [4.78, 5) is 11.6. The molecule has 0 spiro atoms. The number of esters is 1. The number of fused-ring (bicyclic) bond motifs is 1. The van der Waals surface area contributed by atoms with Crippen LogP contribution in [0.15, 0.2) is 24.3 Å². The fraction of sp³-hybridized carbons (Fsp3) is 0.182. The third-order valence-electron chi connectivity index (χ3n) is 2.19. The van der Waals surface area contributed by atoms with Crippen LogP contribution in [-0.4, -0.2) is 16.2 Å². The predicted molar refractivity (Wildman–Crippen MR) is 62.2 cm³/mol. The molecule has 2 rings (SSSR count). The number of benzene rings is 1. The lowest BCUT2D eigenvalue weighted by Gasteiger charge is -2.01. The Kier molecular flexibility index (Phi) is 2.96. The maximum atomic E-state index is 13.0. The second kappa shape index (κ2) is 4.25. The van der Waals surface area contributed by atoms with Crippen molar-refractivity contribution in [2.45, 2.75) is 6.92 Å². The van der Waals surface area contributed by atoms with Crippen molar-refractivity contribution < 1.29 is 13.9 Å². The van der Waals surface area contributed by atoms with Gasteiger partial charge in [0.2, 0.25) is 0 Å². The van der Waals surface area contributed by atoms with Gasteiger partial charge in [-0.1, -0.05) is 0 Å². The topological polar surface area (TPSA) is 31.2 Å². The van der Waals surface area contributed by atoms with Crippen molar-refractivity contribution in [2.75, 3.05) is 6.61 Å². The lowest BCUT2D eigenvalue weighted by molar-refractivity contribution is 0.0519. The van der Waals surface area contributed by atoms with E-state index in [0.717, 1.165) is 5.52 Å². The number of halogens is 2. The number of aromatic nitrogens is 1. The Hall–Kier alpha value is -1.36. The molecule has 0 aliphatic heterocycles. The summed E-state index contributed by atoms with van der Waals surface area (Å²) in [6.45, 7) is 2.04. The Balaban J connectivity index is 2.55. The lowest BCUT2D eigenvalue weighted by atomic mass is 10.2. The molecule has 0 fully saturated rings. The highest BCUT2D eigenvalue weighted by Gasteiger charge is 2.15. The van der Waals surface area contributed by atoms with Crippen molar-refractivity contribution in [3.05, 3.63) is 35.8 Å². The molecule has 0 saturated carbocycles. The van der Waals surface area contributed by atoms with Crippen molar-refractivity contribution in [2.24, 2.45) is 0 Å². The van der Waals surface area contributed by atoms with Gasteiger partial charge in [-0.3, -0.25) is 3.59 Å². The van der Waals surface area contributed by atoms with E-state index in [0.29, 0.717) is 17.7 Å². The standard InChI is InChI=1S/C11H9BrFNO2/c1-2-16-11(15)10-6-7-5-8(13)3-4-9(7)14(10)12/h3-6H,2H2,1H3. The summed E-state index contributed by atoms with van der Waals surface area (Å²) < 4.78 is 19.4. The number of ether oxygens (including phenoxy) is 1. The molecule has 5 heteroatoms. The first-order valence-corrected chi connectivity index (χ1v) is 5.48. The van der Waals surface area contributed by atoms with Crippen LogP contribution in [0.4, 0.5) is 4.39 Å². The monoisotopic (exact) mass is 285 g/mol. The zero-order chi connectivity index (χ0) is 11.7. The van der Waals surface area contributed by atoms with Gasteiger partial charge in [0, 0.05) is 5.39 Å². The van der Waals surface area contributed by atoms with Gasteiger partial charge in [0.05, 0.1) is 28.3 Å². The van der Waals surface area contributed by atoms with Crippen LogP contribution in [0.2, 0.25) is 0 Å². The zero-order valence-corrected chi connectivity index (χ0v) is 10.1. The van der Waals surface area contributed by atoms with Crippen LogP contribution in [-0.2, 0) is 4.74 Å². The molecule has 0 unspecified atom stereocenters. The van der Waals surface area contributed by atoms with Crippen LogP contribution in [0, 0.1) is 5.82 Å². The quantitative estimate of drug-likeness (QED) is 0.794. The molecule has 16 heavy (non-hydrogen) atoms. The molecule has 0 aliphatic rings. The number of hydrogen-bond donors (Lipinski definition) is 0. The average Bonchev–Trinajstić information content (AvgIpc) is 2.56. The minimum absolute atomic E-state index is 0.307. The fourth-order valence-corrected chi connectivity index (χ4v) is 2.07. The third-order valence-corrected chi connectivity index (χ3v) is 2.95. The van der Waals surface area contributed by atoms with E-state index in [-0.39, 0.29) is 5.82 Å². The van der Waals surface area contributed by atoms with Crippen molar-refractivity contribution >= 4 is 33.0 Å². The molecule has 0 radical (unpaired) electrons. The molecule has 0 N–H and O–H groups in total. The van der Waals surface area contributed by atoms with Gasteiger partial charge in [-0.05, 0) is 31.2 Å². The van der Waals surface area contributed by atoms with Crippen molar-refractivity contribution in [1.29, 1.82) is 0 Å². The number of carbonyl (C=O) groups excluding carboxylic acids is 1. The summed E-state index contributed by atoms with van der Waals surface area (Å²) in [5, 5.41) is 0.653. The van der Waals surface area contributed by atoms with E-state index < -0.39 is 5.97 Å². The third kappa shape index (κ3) is 1.82. The Morgan fingerprint density at radius 2 is 2.25 bits per heavy atom. The van der Waals surface area contributed by atoms with E-state index in [2.05, 4.69) is 16.1 Å². The Morgan fingerprint density at radius 1 is 1.50 bits per heavy atom. The maximum absolute atomic E-state index is 13.0. The van der Waals surface area contributed by atoms with E-state index >= 15 is 0 Å². The van der Waals surface area contributed by atoms with Gasteiger partial charge in [0.25, 0.3) is 0 Å². The van der Waals surface area contributed by atoms with Gasteiger partial charge in [0.15, 0.2) is 0 Å². The lowest BCUT2D eigenvalue weighted by Crippen LogP contribution is -2.07. The minimum Gasteiger partial charge on any atom is -0.461 e. The van der Waals surface area contributed by atoms with Crippen LogP contribution in [0.3, 0.4) is 0 Å². The molecule has 84 valence electrons. The van der Waals surface area contributed by atoms with E-state index in [1.807, 2.05) is 0 Å². The van der Waals surface area contributed by atoms with E-state index in [4.69, 9.17) is 4.74 Å². The summed E-state index contributed by atoms with van der Waals surface area (Å²) in [7, 11) is 0. The first-order chi connectivity index (χ1) is 7.63. The van der Waals surface area contributed by atoms with Crippen LogP contribution < -0.4 is 0 Å². The molecule has 3 nitrogen and oxygen atoms in total. The van der Waals surface area contributed by atoms with E-state index in [9.17, 15) is 9.18 Å². The van der Waals surface area contributed by atoms with Gasteiger partial charge in [-0.25, -0.2) is 9.18 Å². The molecule has 0 bridgehead atoms. The zero-order valence-electron chi connectivity index (χ0n) is 8.54. The van der Waals surface area contributed by atoms with Crippen LogP contribution in [0.25, 0.3) is 10.9 Å². The molecule has 2 aromatic rings. The molecule has 0 aliphatic carbocycles. The molecule has 0 amide bonds. The number of hydrogen-bond acceptors (Lipinski definition) is 2. The number of rotatable bonds is 2. The highest BCUT2D eigenvalue weighted by molar-refractivity contribution is 9.08. The molecule has 1 aromatic carbocycles. The molecule has 0 saturated heterocycles. The molecule has 0 atom stereocenters. The average molecular weight is 286 g/mol. The van der Waals surface area contributed by atoms with Crippen LogP contribution in [0.1, 0.15) is 17.4 Å². The van der Waals surface area contributed by atoms with E-state index in [1.165, 1.54) is 15.7 Å². The largest absolute Gasteiger partial charge is 0.461 e. The molecular weight excluding hydrogens is 277 g/mol. The van der Waals surface area contributed by atoms with Crippen molar-refractivity contribution in [3.63, 3.8) is 0 Å². The Labute approximate surface area is 100 Å². The molecule has 1 aromatic heterocycles. The highest BCUT2D eigenvalue weighted by Crippen LogP contribution is 2.23. The first kappa shape index (κ1) is 11.1. The Morgan fingerprint density at radius 3 is 2.94 bits per heavy atom.